The van der Waals surface area contributed by atoms with E-state index >= 15 is 0 Å². The van der Waals surface area contributed by atoms with Crippen LogP contribution < -0.4 is 4.74 Å². The summed E-state index contributed by atoms with van der Waals surface area (Å²) < 4.78 is 44.1. The number of nitrogens with zero attached hydrogens (tertiary/aromatic N) is 1. The van der Waals surface area contributed by atoms with Crippen LogP contribution in [0.25, 0.3) is 11.1 Å². The fourth-order valence-electron chi connectivity index (χ4n) is 4.53. The van der Waals surface area contributed by atoms with Crippen LogP contribution in [0.5, 0.6) is 5.75 Å². The quantitative estimate of drug-likeness (QED) is 0.428. The van der Waals surface area contributed by atoms with Crippen molar-refractivity contribution in [1.29, 1.82) is 0 Å². The van der Waals surface area contributed by atoms with Gasteiger partial charge in [-0.15, -0.1) is 23.7 Å². The first-order valence-electron chi connectivity index (χ1n) is 10.7. The third kappa shape index (κ3) is 4.56. The summed E-state index contributed by atoms with van der Waals surface area (Å²) >= 11 is 0. The van der Waals surface area contributed by atoms with E-state index in [0.29, 0.717) is 5.56 Å². The van der Waals surface area contributed by atoms with E-state index < -0.39 is 6.36 Å². The van der Waals surface area contributed by atoms with E-state index in [4.69, 9.17) is 0 Å². The number of alkyl halides is 3. The van der Waals surface area contributed by atoms with Crippen molar-refractivity contribution >= 4 is 21.4 Å². The number of benzene rings is 2. The molecule has 1 aliphatic heterocycles. The lowest BCUT2D eigenvalue weighted by molar-refractivity contribution is -0.274. The summed E-state index contributed by atoms with van der Waals surface area (Å²) in [6, 6.07) is 9.13. The van der Waals surface area contributed by atoms with Gasteiger partial charge in [0.15, 0.2) is 0 Å². The largest absolute Gasteiger partial charge is 0.573 e. The molecule has 0 radical (unpaired) electrons. The molecule has 0 fully saturated rings. The Balaban J connectivity index is 1.92. The van der Waals surface area contributed by atoms with Gasteiger partial charge in [-0.25, -0.2) is 0 Å². The predicted octanol–water partition coefficient (Wildman–Crippen LogP) is 7.84. The molecule has 2 nitrogen and oxygen atoms in total. The summed E-state index contributed by atoms with van der Waals surface area (Å²) in [7, 11) is -0.259. The van der Waals surface area contributed by atoms with Crippen LogP contribution >= 0.6 is 10.5 Å². The molecule has 170 valence electrons. The van der Waals surface area contributed by atoms with E-state index in [9.17, 15) is 13.2 Å². The highest BCUT2D eigenvalue weighted by Crippen LogP contribution is 2.48. The minimum Gasteiger partial charge on any atom is -0.405 e. The molecule has 4 rings (SSSR count). The SMILES string of the molecule is Cc1cc2c(cc1-c1cc(C=S3C=CN=C3)ccc1OC(F)(F)F)C(C)(C)CCC2(C)C. The van der Waals surface area contributed by atoms with E-state index in [-0.39, 0.29) is 27.1 Å². The number of aryl methyl sites for hydroxylation is 1. The summed E-state index contributed by atoms with van der Waals surface area (Å²) in [4.78, 5) is 4.10. The summed E-state index contributed by atoms with van der Waals surface area (Å²) in [6.45, 7) is 10.9. The van der Waals surface area contributed by atoms with Crippen LogP contribution in [-0.2, 0) is 10.8 Å². The minimum atomic E-state index is -4.76. The Morgan fingerprint density at radius 2 is 1.62 bits per heavy atom. The minimum absolute atomic E-state index is 0.0321. The molecule has 0 spiro atoms. The van der Waals surface area contributed by atoms with E-state index in [2.05, 4.69) is 49.6 Å². The first-order valence-corrected chi connectivity index (χ1v) is 12.1. The van der Waals surface area contributed by atoms with Crippen molar-refractivity contribution < 1.29 is 17.9 Å². The summed E-state index contributed by atoms with van der Waals surface area (Å²) in [5.74, 6) is -0.176. The molecule has 1 aliphatic carbocycles. The van der Waals surface area contributed by atoms with Crippen LogP contribution in [0.2, 0.25) is 0 Å². The second-order valence-corrected chi connectivity index (χ2v) is 11.4. The zero-order valence-corrected chi connectivity index (χ0v) is 19.8. The van der Waals surface area contributed by atoms with Gasteiger partial charge in [-0.2, -0.15) is 0 Å². The smallest absolute Gasteiger partial charge is 0.405 e. The van der Waals surface area contributed by atoms with E-state index in [1.165, 1.54) is 17.2 Å². The Morgan fingerprint density at radius 1 is 0.969 bits per heavy atom. The lowest BCUT2D eigenvalue weighted by Gasteiger charge is -2.42. The van der Waals surface area contributed by atoms with Gasteiger partial charge in [0, 0.05) is 11.8 Å². The van der Waals surface area contributed by atoms with Crippen molar-refractivity contribution in [3.05, 3.63) is 64.2 Å². The van der Waals surface area contributed by atoms with Gasteiger partial charge in [-0.1, -0.05) is 39.8 Å². The number of hydrogen-bond donors (Lipinski definition) is 0. The zero-order valence-electron chi connectivity index (χ0n) is 19.0. The lowest BCUT2D eigenvalue weighted by atomic mass is 9.62. The van der Waals surface area contributed by atoms with Gasteiger partial charge in [-0.3, -0.25) is 4.99 Å². The number of fused-ring (bicyclic) bond motifs is 1. The Bertz CT molecular complexity index is 1140. The molecule has 0 aromatic heterocycles. The number of ether oxygens (including phenoxy) is 1. The predicted molar refractivity (Wildman–Crippen MR) is 129 cm³/mol. The van der Waals surface area contributed by atoms with Crippen molar-refractivity contribution in [1.82, 2.24) is 0 Å². The van der Waals surface area contributed by atoms with Crippen molar-refractivity contribution in [3.8, 4) is 16.9 Å². The average molecular weight is 460 g/mol. The monoisotopic (exact) mass is 459 g/mol. The highest BCUT2D eigenvalue weighted by atomic mass is 32.2. The average Bonchev–Trinajstić information content (AvgIpc) is 3.19. The van der Waals surface area contributed by atoms with E-state index in [1.54, 1.807) is 18.3 Å². The van der Waals surface area contributed by atoms with Crippen LogP contribution in [0.15, 0.2) is 46.9 Å². The van der Waals surface area contributed by atoms with Crippen LogP contribution in [0, 0.1) is 6.92 Å². The molecule has 0 saturated carbocycles. The molecule has 0 bridgehead atoms. The second kappa shape index (κ2) is 7.91. The van der Waals surface area contributed by atoms with Crippen LogP contribution in [0.3, 0.4) is 0 Å². The van der Waals surface area contributed by atoms with Crippen molar-refractivity contribution in [2.75, 3.05) is 0 Å². The molecule has 2 aliphatic rings. The van der Waals surface area contributed by atoms with E-state index in [1.807, 2.05) is 23.2 Å². The summed E-state index contributed by atoms with van der Waals surface area (Å²) in [6.07, 6.45) is -0.912. The van der Waals surface area contributed by atoms with E-state index in [0.717, 1.165) is 29.5 Å². The van der Waals surface area contributed by atoms with Crippen LogP contribution in [0.4, 0.5) is 13.2 Å². The normalized spacial score (nSPS) is 21.1. The van der Waals surface area contributed by atoms with Crippen molar-refractivity contribution in [3.63, 3.8) is 0 Å². The molecule has 0 saturated heterocycles. The Kier molecular flexibility index (Phi) is 5.64. The lowest BCUT2D eigenvalue weighted by Crippen LogP contribution is -2.34. The molecule has 1 unspecified atom stereocenters. The van der Waals surface area contributed by atoms with Gasteiger partial charge in [-0.05, 0) is 87.4 Å². The van der Waals surface area contributed by atoms with Gasteiger partial charge >= 0.3 is 6.36 Å². The molecular formula is C26H28F3NOS. The van der Waals surface area contributed by atoms with Gasteiger partial charge in [0.25, 0.3) is 0 Å². The molecular weight excluding hydrogens is 431 g/mol. The first-order chi connectivity index (χ1) is 14.9. The fraction of sp³-hybridized carbons (Fsp3) is 0.385. The highest BCUT2D eigenvalue weighted by molar-refractivity contribution is 8.29. The maximum Gasteiger partial charge on any atom is 0.573 e. The van der Waals surface area contributed by atoms with Crippen LogP contribution in [0.1, 0.15) is 62.8 Å². The maximum absolute atomic E-state index is 13.2. The standard InChI is InChI=1S/C26H28F3NOS/c1-17-12-21-22(25(4,5)9-8-24(21,2)3)14-19(17)20-13-18(15-32-11-10-30-16-32)6-7-23(20)31-26(27,28)29/h6-7,10-16H,8-9H2,1-5H3. The zero-order chi connectivity index (χ0) is 23.3. The summed E-state index contributed by atoms with van der Waals surface area (Å²) in [5, 5.41) is 3.98. The third-order valence-corrected chi connectivity index (χ3v) is 7.82. The Hall–Kier alpha value is -2.34. The number of hydrogen-bond acceptors (Lipinski definition) is 2. The van der Waals surface area contributed by atoms with Crippen molar-refractivity contribution in [2.45, 2.75) is 64.7 Å². The number of aliphatic imine (C=N–C) groups is 1. The highest BCUT2D eigenvalue weighted by Gasteiger charge is 2.38. The van der Waals surface area contributed by atoms with Gasteiger partial charge < -0.3 is 4.74 Å². The fourth-order valence-corrected chi connectivity index (χ4v) is 5.62. The molecule has 6 heteroatoms. The van der Waals surface area contributed by atoms with Gasteiger partial charge in [0.05, 0.1) is 5.55 Å². The molecule has 2 aromatic rings. The number of rotatable bonds is 3. The molecule has 1 atom stereocenters. The molecule has 32 heavy (non-hydrogen) atoms. The van der Waals surface area contributed by atoms with Gasteiger partial charge in [0.1, 0.15) is 5.75 Å². The summed E-state index contributed by atoms with van der Waals surface area (Å²) in [5.41, 5.74) is 7.32. The van der Waals surface area contributed by atoms with Crippen molar-refractivity contribution in [2.24, 2.45) is 4.99 Å². The molecule has 0 N–H and O–H groups in total. The molecule has 2 aromatic carbocycles. The first kappa shape index (κ1) is 22.8. The topological polar surface area (TPSA) is 21.6 Å². The van der Waals surface area contributed by atoms with Crippen LogP contribution in [-0.4, -0.2) is 17.3 Å². The maximum atomic E-state index is 13.2. The second-order valence-electron chi connectivity index (χ2n) is 9.85. The molecule has 1 heterocycles. The Morgan fingerprint density at radius 3 is 2.22 bits per heavy atom. The Labute approximate surface area is 190 Å². The van der Waals surface area contributed by atoms with Gasteiger partial charge in [0.2, 0.25) is 0 Å². The third-order valence-electron chi connectivity index (χ3n) is 6.48. The molecule has 0 amide bonds. The number of halogens is 3.